The van der Waals surface area contributed by atoms with Gasteiger partial charge in [0, 0.05) is 19.5 Å². The molecule has 1 fully saturated rings. The predicted molar refractivity (Wildman–Crippen MR) is 119 cm³/mol. The van der Waals surface area contributed by atoms with Gasteiger partial charge in [-0.15, -0.1) is 0 Å². The van der Waals surface area contributed by atoms with E-state index in [2.05, 4.69) is 35.7 Å². The predicted octanol–water partition coefficient (Wildman–Crippen LogP) is 5.01. The Morgan fingerprint density at radius 1 is 0.967 bits per heavy atom. The highest BCUT2D eigenvalue weighted by Gasteiger charge is 2.35. The number of aryl methyl sites for hydroxylation is 2. The zero-order chi connectivity index (χ0) is 21.8. The number of phosphoric ester groups is 1. The van der Waals surface area contributed by atoms with E-state index in [0.717, 1.165) is 25.7 Å². The van der Waals surface area contributed by atoms with Gasteiger partial charge in [0.25, 0.3) is 0 Å². The van der Waals surface area contributed by atoms with Crippen molar-refractivity contribution in [2.75, 3.05) is 13.1 Å². The Hall–Kier alpha value is -1.20. The second-order valence-corrected chi connectivity index (χ2v) is 9.56. The maximum Gasteiger partial charge on any atom is 0.469 e. The summed E-state index contributed by atoms with van der Waals surface area (Å²) in [5.74, 6) is 0.0388. The van der Waals surface area contributed by atoms with Crippen LogP contribution in [0.2, 0.25) is 0 Å². The molecule has 0 saturated carbocycles. The first-order valence-corrected chi connectivity index (χ1v) is 13.0. The summed E-state index contributed by atoms with van der Waals surface area (Å²) in [6.07, 6.45) is 13.1. The van der Waals surface area contributed by atoms with Gasteiger partial charge in [-0.25, -0.2) is 4.57 Å². The summed E-state index contributed by atoms with van der Waals surface area (Å²) in [5, 5.41) is 0. The number of rotatable bonds is 15. The van der Waals surface area contributed by atoms with E-state index in [1.165, 1.54) is 56.1 Å². The topological polar surface area (TPSA) is 87.1 Å². The number of carbonyl (C=O) groups excluding carboxylic acids is 1. The first-order chi connectivity index (χ1) is 14.4. The van der Waals surface area contributed by atoms with Gasteiger partial charge in [-0.3, -0.25) is 9.32 Å². The number of hydrogen-bond donors (Lipinski definition) is 2. The summed E-state index contributed by atoms with van der Waals surface area (Å²) in [6, 6.07) is 8.65. The molecular weight excluding hydrogens is 401 g/mol. The Morgan fingerprint density at radius 3 is 2.07 bits per heavy atom. The summed E-state index contributed by atoms with van der Waals surface area (Å²) in [4.78, 5) is 31.3. The molecular formula is C23H38NO5P. The van der Waals surface area contributed by atoms with Crippen LogP contribution in [0, 0.1) is 0 Å². The van der Waals surface area contributed by atoms with Gasteiger partial charge >= 0.3 is 7.82 Å². The van der Waals surface area contributed by atoms with E-state index in [1.54, 1.807) is 4.90 Å². The fraction of sp³-hybridized carbons (Fsp3) is 0.696. The lowest BCUT2D eigenvalue weighted by Crippen LogP contribution is -2.54. The fourth-order valence-electron chi connectivity index (χ4n) is 3.97. The molecule has 1 saturated heterocycles. The molecule has 1 heterocycles. The SMILES string of the molecule is CCCCCCCCCc1ccccc1CCCCC(=O)N1CC(OP(=O)(O)O)C1. The van der Waals surface area contributed by atoms with Gasteiger partial charge in [0.2, 0.25) is 5.91 Å². The van der Waals surface area contributed by atoms with Crippen LogP contribution in [0.5, 0.6) is 0 Å². The third kappa shape index (κ3) is 9.74. The van der Waals surface area contributed by atoms with E-state index in [4.69, 9.17) is 9.79 Å². The summed E-state index contributed by atoms with van der Waals surface area (Å²) in [6.45, 7) is 2.79. The number of likely N-dealkylation sites (tertiary alicyclic amines) is 1. The number of unbranched alkanes of at least 4 members (excludes halogenated alkanes) is 7. The Morgan fingerprint density at radius 2 is 1.50 bits per heavy atom. The van der Waals surface area contributed by atoms with E-state index in [-0.39, 0.29) is 19.0 Å². The number of phosphoric acid groups is 1. The maximum absolute atomic E-state index is 12.2. The number of hydrogen-bond acceptors (Lipinski definition) is 3. The van der Waals surface area contributed by atoms with Crippen LogP contribution in [0.4, 0.5) is 0 Å². The highest BCUT2D eigenvalue weighted by molar-refractivity contribution is 7.46. The molecule has 0 unspecified atom stereocenters. The van der Waals surface area contributed by atoms with Crippen molar-refractivity contribution in [3.63, 3.8) is 0 Å². The van der Waals surface area contributed by atoms with E-state index >= 15 is 0 Å². The van der Waals surface area contributed by atoms with Crippen molar-refractivity contribution >= 4 is 13.7 Å². The molecule has 30 heavy (non-hydrogen) atoms. The molecule has 0 aromatic heterocycles. The average Bonchev–Trinajstić information content (AvgIpc) is 2.67. The van der Waals surface area contributed by atoms with Gasteiger partial charge in [0.15, 0.2) is 0 Å². The van der Waals surface area contributed by atoms with Crippen molar-refractivity contribution in [3.8, 4) is 0 Å². The van der Waals surface area contributed by atoms with Crippen LogP contribution in [0.15, 0.2) is 24.3 Å². The van der Waals surface area contributed by atoms with Crippen LogP contribution in [0.3, 0.4) is 0 Å². The lowest BCUT2D eigenvalue weighted by Gasteiger charge is -2.38. The van der Waals surface area contributed by atoms with Gasteiger partial charge < -0.3 is 14.7 Å². The number of nitrogens with zero attached hydrogens (tertiary/aromatic N) is 1. The van der Waals surface area contributed by atoms with E-state index in [9.17, 15) is 9.36 Å². The first kappa shape index (κ1) is 25.1. The standard InChI is InChI=1S/C23H38NO5P/c1-2-3-4-5-6-7-8-13-20-14-9-10-15-21(20)16-11-12-17-23(25)24-18-22(19-24)29-30(26,27)28/h9-10,14-15,22H,2-8,11-13,16-19H2,1H3,(H2,26,27,28). The van der Waals surface area contributed by atoms with Gasteiger partial charge in [0.1, 0.15) is 6.10 Å². The molecule has 1 aromatic carbocycles. The minimum Gasteiger partial charge on any atom is -0.337 e. The molecule has 1 aliphatic rings. The van der Waals surface area contributed by atoms with Crippen molar-refractivity contribution < 1.29 is 23.7 Å². The van der Waals surface area contributed by atoms with E-state index < -0.39 is 13.9 Å². The summed E-state index contributed by atoms with van der Waals surface area (Å²) in [7, 11) is -4.46. The summed E-state index contributed by atoms with van der Waals surface area (Å²) >= 11 is 0. The lowest BCUT2D eigenvalue weighted by molar-refractivity contribution is -0.140. The summed E-state index contributed by atoms with van der Waals surface area (Å²) < 4.78 is 15.4. The molecule has 0 bridgehead atoms. The molecule has 0 atom stereocenters. The third-order valence-corrected chi connectivity index (χ3v) is 6.31. The molecule has 0 radical (unpaired) electrons. The average molecular weight is 440 g/mol. The smallest absolute Gasteiger partial charge is 0.337 e. The Balaban J connectivity index is 1.60. The van der Waals surface area contributed by atoms with Crippen molar-refractivity contribution in [3.05, 3.63) is 35.4 Å². The Kier molecular flexibility index (Phi) is 11.1. The number of benzene rings is 1. The van der Waals surface area contributed by atoms with Gasteiger partial charge in [-0.05, 0) is 43.2 Å². The third-order valence-electron chi connectivity index (χ3n) is 5.74. The van der Waals surface area contributed by atoms with Crippen LogP contribution in [-0.2, 0) is 26.7 Å². The van der Waals surface area contributed by atoms with Gasteiger partial charge in [-0.1, -0.05) is 69.7 Å². The highest BCUT2D eigenvalue weighted by atomic mass is 31.2. The van der Waals surface area contributed by atoms with Crippen molar-refractivity contribution in [2.45, 2.75) is 90.1 Å². The number of amides is 1. The van der Waals surface area contributed by atoms with E-state index in [0.29, 0.717) is 6.42 Å². The molecule has 0 aliphatic carbocycles. The van der Waals surface area contributed by atoms with Crippen molar-refractivity contribution in [1.29, 1.82) is 0 Å². The van der Waals surface area contributed by atoms with Crippen LogP contribution < -0.4 is 0 Å². The minimum atomic E-state index is -4.46. The molecule has 1 aliphatic heterocycles. The van der Waals surface area contributed by atoms with Crippen LogP contribution in [0.25, 0.3) is 0 Å². The second-order valence-electron chi connectivity index (χ2n) is 8.36. The fourth-order valence-corrected chi connectivity index (χ4v) is 4.49. The molecule has 0 spiro atoms. The Labute approximate surface area is 181 Å². The normalized spacial score (nSPS) is 14.7. The lowest BCUT2D eigenvalue weighted by atomic mass is 9.96. The molecule has 1 aromatic rings. The van der Waals surface area contributed by atoms with Crippen LogP contribution in [-0.4, -0.2) is 39.8 Å². The van der Waals surface area contributed by atoms with E-state index in [1.807, 2.05) is 0 Å². The molecule has 2 rings (SSSR count). The zero-order valence-corrected chi connectivity index (χ0v) is 19.2. The van der Waals surface area contributed by atoms with Crippen molar-refractivity contribution in [2.24, 2.45) is 0 Å². The largest absolute Gasteiger partial charge is 0.469 e. The van der Waals surface area contributed by atoms with Crippen LogP contribution in [0.1, 0.15) is 82.3 Å². The monoisotopic (exact) mass is 439 g/mol. The van der Waals surface area contributed by atoms with Crippen molar-refractivity contribution in [1.82, 2.24) is 4.90 Å². The second kappa shape index (κ2) is 13.3. The minimum absolute atomic E-state index is 0.0388. The van der Waals surface area contributed by atoms with Gasteiger partial charge in [-0.2, -0.15) is 0 Å². The number of carbonyl (C=O) groups is 1. The molecule has 170 valence electrons. The first-order valence-electron chi connectivity index (χ1n) is 11.5. The molecule has 1 amide bonds. The van der Waals surface area contributed by atoms with Crippen LogP contribution >= 0.6 is 7.82 Å². The highest BCUT2D eigenvalue weighted by Crippen LogP contribution is 2.39. The zero-order valence-electron chi connectivity index (χ0n) is 18.3. The summed E-state index contributed by atoms with van der Waals surface area (Å²) in [5.41, 5.74) is 2.84. The molecule has 6 nitrogen and oxygen atoms in total. The van der Waals surface area contributed by atoms with Gasteiger partial charge in [0.05, 0.1) is 0 Å². The maximum atomic E-state index is 12.2. The Bertz CT molecular complexity index is 684. The molecule has 7 heteroatoms. The molecule has 2 N–H and O–H groups in total. The quantitative estimate of drug-likeness (QED) is 0.296.